The second-order valence-electron chi connectivity index (χ2n) is 5.82. The van der Waals surface area contributed by atoms with Crippen LogP contribution in [0.25, 0.3) is 0 Å². The number of rotatable bonds is 7. The minimum atomic E-state index is -0.566. The van der Waals surface area contributed by atoms with Crippen LogP contribution in [0.2, 0.25) is 0 Å². The molecule has 4 nitrogen and oxygen atoms in total. The van der Waals surface area contributed by atoms with Gasteiger partial charge < -0.3 is 10.6 Å². The van der Waals surface area contributed by atoms with Crippen molar-refractivity contribution in [3.05, 3.63) is 51.5 Å². The van der Waals surface area contributed by atoms with E-state index in [2.05, 4.69) is 26.0 Å². The monoisotopic (exact) mass is 366 g/mol. The molecule has 0 radical (unpaired) electrons. The number of benzene rings is 1. The van der Waals surface area contributed by atoms with Crippen molar-refractivity contribution in [2.45, 2.75) is 33.1 Å². The van der Waals surface area contributed by atoms with E-state index in [-0.39, 0.29) is 5.92 Å². The van der Waals surface area contributed by atoms with Crippen LogP contribution in [0.1, 0.15) is 36.0 Å². The molecule has 1 aromatic carbocycles. The second-order valence-corrected chi connectivity index (χ2v) is 6.88. The molecule has 0 aliphatic rings. The van der Waals surface area contributed by atoms with Gasteiger partial charge in [0, 0.05) is 43.4 Å². The van der Waals surface area contributed by atoms with Gasteiger partial charge in [0.15, 0.2) is 5.96 Å². The lowest BCUT2D eigenvalue weighted by Crippen LogP contribution is -2.38. The van der Waals surface area contributed by atoms with E-state index in [9.17, 15) is 8.78 Å². The molecule has 2 aromatic rings. The van der Waals surface area contributed by atoms with Crippen LogP contribution in [-0.2, 0) is 6.42 Å². The molecule has 0 saturated heterocycles. The van der Waals surface area contributed by atoms with Crippen molar-refractivity contribution in [1.29, 1.82) is 0 Å². The summed E-state index contributed by atoms with van der Waals surface area (Å²) in [6, 6.07) is 3.67. The Morgan fingerprint density at radius 1 is 1.32 bits per heavy atom. The number of nitrogens with one attached hydrogen (secondary N) is 2. The number of thiazole rings is 1. The average molecular weight is 366 g/mol. The predicted molar refractivity (Wildman–Crippen MR) is 99.3 cm³/mol. The van der Waals surface area contributed by atoms with Gasteiger partial charge in [-0.3, -0.25) is 4.99 Å². The quantitative estimate of drug-likeness (QED) is 0.581. The standard InChI is InChI=1S/C18H24F2N4S/c1-4-21-18(22-8-7-15-11-25-13(3)24-15)23-10-12(2)16-6-5-14(19)9-17(16)20/h5-6,9,11-12H,4,7-8,10H2,1-3H3,(H2,21,22,23). The maximum atomic E-state index is 13.8. The molecule has 0 fully saturated rings. The molecule has 136 valence electrons. The Balaban J connectivity index is 1.91. The lowest BCUT2D eigenvalue weighted by atomic mass is 10.0. The van der Waals surface area contributed by atoms with Crippen molar-refractivity contribution in [2.75, 3.05) is 19.6 Å². The van der Waals surface area contributed by atoms with Crippen LogP contribution in [-0.4, -0.2) is 30.6 Å². The van der Waals surface area contributed by atoms with Gasteiger partial charge in [0.25, 0.3) is 0 Å². The number of aryl methyl sites for hydroxylation is 1. The van der Waals surface area contributed by atoms with Gasteiger partial charge in [-0.2, -0.15) is 0 Å². The van der Waals surface area contributed by atoms with E-state index in [0.717, 1.165) is 29.7 Å². The van der Waals surface area contributed by atoms with Crippen LogP contribution in [0.15, 0.2) is 28.6 Å². The van der Waals surface area contributed by atoms with Crippen LogP contribution in [0.3, 0.4) is 0 Å². The highest BCUT2D eigenvalue weighted by Crippen LogP contribution is 2.20. The first kappa shape index (κ1) is 19.3. The van der Waals surface area contributed by atoms with E-state index < -0.39 is 11.6 Å². The molecule has 2 N–H and O–H groups in total. The van der Waals surface area contributed by atoms with Crippen molar-refractivity contribution in [2.24, 2.45) is 4.99 Å². The molecule has 2 rings (SSSR count). The first-order valence-corrected chi connectivity index (χ1v) is 9.25. The van der Waals surface area contributed by atoms with Crippen molar-refractivity contribution in [3.63, 3.8) is 0 Å². The smallest absolute Gasteiger partial charge is 0.191 e. The normalized spacial score (nSPS) is 12.9. The van der Waals surface area contributed by atoms with Gasteiger partial charge in [-0.1, -0.05) is 13.0 Å². The second kappa shape index (κ2) is 9.46. The Hall–Kier alpha value is -2.02. The minimum Gasteiger partial charge on any atom is -0.357 e. The fourth-order valence-electron chi connectivity index (χ4n) is 2.40. The molecule has 25 heavy (non-hydrogen) atoms. The molecule has 0 spiro atoms. The number of aromatic nitrogens is 1. The predicted octanol–water partition coefficient (Wildman–Crippen LogP) is 3.63. The zero-order valence-electron chi connectivity index (χ0n) is 14.8. The molecular formula is C18H24F2N4S. The molecule has 0 saturated carbocycles. The Kier molecular flexibility index (Phi) is 7.31. The topological polar surface area (TPSA) is 49.3 Å². The van der Waals surface area contributed by atoms with Crippen LogP contribution < -0.4 is 10.6 Å². The van der Waals surface area contributed by atoms with Gasteiger partial charge >= 0.3 is 0 Å². The molecular weight excluding hydrogens is 342 g/mol. The highest BCUT2D eigenvalue weighted by Gasteiger charge is 2.12. The van der Waals surface area contributed by atoms with Crippen LogP contribution >= 0.6 is 11.3 Å². The third-order valence-corrected chi connectivity index (χ3v) is 4.52. The molecule has 1 unspecified atom stereocenters. The van der Waals surface area contributed by atoms with Crippen LogP contribution in [0.4, 0.5) is 8.78 Å². The molecule has 0 amide bonds. The van der Waals surface area contributed by atoms with E-state index in [1.54, 1.807) is 11.3 Å². The Labute approximate surface area is 151 Å². The molecule has 7 heteroatoms. The minimum absolute atomic E-state index is 0.141. The fourth-order valence-corrected chi connectivity index (χ4v) is 3.05. The van der Waals surface area contributed by atoms with E-state index in [4.69, 9.17) is 0 Å². The van der Waals surface area contributed by atoms with Gasteiger partial charge in [-0.25, -0.2) is 13.8 Å². The summed E-state index contributed by atoms with van der Waals surface area (Å²) in [6.45, 7) is 7.72. The molecule has 1 aromatic heterocycles. The zero-order chi connectivity index (χ0) is 18.2. The van der Waals surface area contributed by atoms with Crippen molar-refractivity contribution < 1.29 is 8.78 Å². The van der Waals surface area contributed by atoms with Crippen molar-refractivity contribution in [3.8, 4) is 0 Å². The maximum Gasteiger partial charge on any atom is 0.191 e. The van der Waals surface area contributed by atoms with E-state index in [0.29, 0.717) is 24.6 Å². The fraction of sp³-hybridized carbons (Fsp3) is 0.444. The number of aliphatic imine (C=N–C) groups is 1. The number of hydrogen-bond donors (Lipinski definition) is 2. The largest absolute Gasteiger partial charge is 0.357 e. The summed E-state index contributed by atoms with van der Waals surface area (Å²) in [7, 11) is 0. The summed E-state index contributed by atoms with van der Waals surface area (Å²) in [5.41, 5.74) is 1.53. The lowest BCUT2D eigenvalue weighted by Gasteiger charge is -2.14. The summed E-state index contributed by atoms with van der Waals surface area (Å²) >= 11 is 1.64. The van der Waals surface area contributed by atoms with Crippen molar-refractivity contribution in [1.82, 2.24) is 15.6 Å². The molecule has 0 aliphatic carbocycles. The van der Waals surface area contributed by atoms with Gasteiger partial charge in [-0.05, 0) is 25.5 Å². The maximum absolute atomic E-state index is 13.8. The molecule has 0 aliphatic heterocycles. The summed E-state index contributed by atoms with van der Waals surface area (Å²) in [4.78, 5) is 8.94. The van der Waals surface area contributed by atoms with Gasteiger partial charge in [0.1, 0.15) is 11.6 Å². The first-order chi connectivity index (χ1) is 12.0. The Morgan fingerprint density at radius 2 is 2.12 bits per heavy atom. The summed E-state index contributed by atoms with van der Waals surface area (Å²) < 4.78 is 26.9. The highest BCUT2D eigenvalue weighted by molar-refractivity contribution is 7.09. The zero-order valence-corrected chi connectivity index (χ0v) is 15.6. The Morgan fingerprint density at radius 3 is 2.76 bits per heavy atom. The third-order valence-electron chi connectivity index (χ3n) is 3.70. The van der Waals surface area contributed by atoms with E-state index in [1.165, 1.54) is 12.1 Å². The number of hydrogen-bond acceptors (Lipinski definition) is 3. The van der Waals surface area contributed by atoms with Gasteiger partial charge in [0.05, 0.1) is 10.7 Å². The summed E-state index contributed by atoms with van der Waals surface area (Å²) in [5, 5.41) is 9.55. The van der Waals surface area contributed by atoms with E-state index >= 15 is 0 Å². The third kappa shape index (κ3) is 6.08. The first-order valence-electron chi connectivity index (χ1n) is 8.37. The Bertz CT molecular complexity index is 715. The average Bonchev–Trinajstić information content (AvgIpc) is 2.97. The number of nitrogens with zero attached hydrogens (tertiary/aromatic N) is 2. The van der Waals surface area contributed by atoms with Gasteiger partial charge in [0.2, 0.25) is 0 Å². The molecule has 1 atom stereocenters. The van der Waals surface area contributed by atoms with Crippen molar-refractivity contribution >= 4 is 17.3 Å². The molecule has 1 heterocycles. The van der Waals surface area contributed by atoms with Crippen LogP contribution in [0, 0.1) is 18.6 Å². The van der Waals surface area contributed by atoms with Crippen LogP contribution in [0.5, 0.6) is 0 Å². The van der Waals surface area contributed by atoms with E-state index in [1.807, 2.05) is 20.8 Å². The number of halogens is 2. The number of guanidine groups is 1. The van der Waals surface area contributed by atoms with Gasteiger partial charge in [-0.15, -0.1) is 11.3 Å². The summed E-state index contributed by atoms with van der Waals surface area (Å²) in [6.07, 6.45) is 0.816. The summed E-state index contributed by atoms with van der Waals surface area (Å²) in [5.74, 6) is -0.551. The lowest BCUT2D eigenvalue weighted by molar-refractivity contribution is 0.560. The molecule has 0 bridgehead atoms. The highest BCUT2D eigenvalue weighted by atomic mass is 32.1. The SMILES string of the molecule is CCNC(=NCC(C)c1ccc(F)cc1F)NCCc1csc(C)n1.